The summed E-state index contributed by atoms with van der Waals surface area (Å²) < 4.78 is 133. The summed E-state index contributed by atoms with van der Waals surface area (Å²) in [6, 6.07) is 6.66. The number of carbonyl (C=O) groups is 3. The van der Waals surface area contributed by atoms with Gasteiger partial charge in [0.2, 0.25) is 0 Å². The van der Waals surface area contributed by atoms with Gasteiger partial charge in [-0.1, -0.05) is 12.1 Å². The first-order valence-corrected chi connectivity index (χ1v) is 12.5. The Morgan fingerprint density at radius 1 is 0.870 bits per heavy atom. The van der Waals surface area contributed by atoms with Gasteiger partial charge in [0.05, 0.1) is 17.8 Å². The molecule has 1 saturated heterocycles. The van der Waals surface area contributed by atoms with Crippen LogP contribution in [0.2, 0.25) is 0 Å². The molecule has 0 aromatic carbocycles. The first-order valence-electron chi connectivity index (χ1n) is 12.5. The highest BCUT2D eigenvalue weighted by Crippen LogP contribution is 2.32. The lowest BCUT2D eigenvalue weighted by atomic mass is 10.1. The first-order chi connectivity index (χ1) is 21.0. The molecule has 3 aromatic rings. The highest BCUT2D eigenvalue weighted by Gasteiger charge is 2.43. The number of carbonyl (C=O) groups excluding carboxylic acids is 1. The van der Waals surface area contributed by atoms with Gasteiger partial charge in [-0.3, -0.25) is 14.7 Å². The van der Waals surface area contributed by atoms with Gasteiger partial charge in [-0.05, 0) is 24.3 Å². The average molecular weight is 681 g/mol. The molecule has 1 aliphatic rings. The van der Waals surface area contributed by atoms with Gasteiger partial charge in [-0.2, -0.15) is 39.5 Å². The van der Waals surface area contributed by atoms with E-state index in [-0.39, 0.29) is 43.9 Å². The number of rotatable bonds is 5. The lowest BCUT2D eigenvalue weighted by Gasteiger charge is -2.31. The zero-order chi connectivity index (χ0) is 35.1. The topological polar surface area (TPSA) is 137 Å². The van der Waals surface area contributed by atoms with Gasteiger partial charge in [0, 0.05) is 38.3 Å². The predicted molar refractivity (Wildman–Crippen MR) is 133 cm³/mol. The number of halogens is 11. The average Bonchev–Trinajstić information content (AvgIpc) is 3.30. The number of nitrogens with zero attached hydrogens (tertiary/aromatic N) is 4. The summed E-state index contributed by atoms with van der Waals surface area (Å²) in [6.45, 7) is 0.510. The van der Waals surface area contributed by atoms with E-state index in [1.54, 1.807) is 33.7 Å². The molecule has 254 valence electrons. The number of aliphatic carboxylic acids is 2. The smallest absolute Gasteiger partial charge is 0.475 e. The molecule has 0 bridgehead atoms. The normalized spacial score (nSPS) is 15.9. The van der Waals surface area contributed by atoms with Gasteiger partial charge in [-0.25, -0.2) is 23.4 Å². The summed E-state index contributed by atoms with van der Waals surface area (Å²) in [5, 5.41) is 16.2. The summed E-state index contributed by atoms with van der Waals surface area (Å²) in [5.74, 6) is -8.83. The van der Waals surface area contributed by atoms with Crippen molar-refractivity contribution in [3.63, 3.8) is 0 Å². The Hall–Kier alpha value is -4.56. The van der Waals surface area contributed by atoms with Crippen LogP contribution in [0.25, 0.3) is 5.52 Å². The number of fused-ring (bicyclic) bond motifs is 1. The quantitative estimate of drug-likeness (QED) is 0.311. The van der Waals surface area contributed by atoms with Gasteiger partial charge in [-0.15, -0.1) is 0 Å². The zero-order valence-corrected chi connectivity index (χ0v) is 22.8. The minimum absolute atomic E-state index is 0.159. The van der Waals surface area contributed by atoms with E-state index in [1.807, 2.05) is 5.32 Å². The second-order valence-electron chi connectivity index (χ2n) is 9.27. The fourth-order valence-electron chi connectivity index (χ4n) is 3.69. The molecule has 0 aliphatic carbocycles. The van der Waals surface area contributed by atoms with Crippen LogP contribution >= 0.6 is 0 Å². The highest BCUT2D eigenvalue weighted by atomic mass is 19.4. The number of likely N-dealkylation sites (tertiary alicyclic amines) is 1. The standard InChI is InChI=1S/C21H20F5N5O.2C2HF3O2/c22-20(23)7-11-30(12-8-20)13-16-28-17(15-6-2-4-10-31(15)16)19(32)29-18(21(24,25)26)14-5-1-3-9-27-14;2*3-2(4,5)1(6)7/h1-6,9-10,18H,7-8,11-13H2,(H,29,32);2*(H,6,7). The summed E-state index contributed by atoms with van der Waals surface area (Å²) in [5.41, 5.74) is -0.191. The molecule has 21 heteroatoms. The Labute approximate surface area is 250 Å². The Bertz CT molecular complexity index is 1460. The van der Waals surface area contributed by atoms with Crippen LogP contribution in [-0.2, 0) is 16.1 Å². The second kappa shape index (κ2) is 14.7. The van der Waals surface area contributed by atoms with Crippen molar-refractivity contribution < 1.29 is 72.9 Å². The molecule has 0 saturated carbocycles. The molecule has 4 rings (SSSR count). The molecule has 0 spiro atoms. The molecule has 1 atom stereocenters. The van der Waals surface area contributed by atoms with Gasteiger partial charge in [0.1, 0.15) is 5.82 Å². The van der Waals surface area contributed by atoms with Crippen molar-refractivity contribution in [2.45, 2.75) is 49.9 Å². The van der Waals surface area contributed by atoms with Crippen LogP contribution in [0.4, 0.5) is 48.3 Å². The molecule has 4 heterocycles. The van der Waals surface area contributed by atoms with E-state index in [0.717, 1.165) is 0 Å². The first kappa shape index (κ1) is 37.6. The molecule has 1 fully saturated rings. The number of carboxylic acids is 2. The summed E-state index contributed by atoms with van der Waals surface area (Å²) in [6.07, 6.45) is -12.6. The third-order valence-electron chi connectivity index (χ3n) is 5.86. The third kappa shape index (κ3) is 11.1. The molecule has 46 heavy (non-hydrogen) atoms. The van der Waals surface area contributed by atoms with Gasteiger partial charge in [0.15, 0.2) is 11.7 Å². The van der Waals surface area contributed by atoms with Gasteiger partial charge in [0.25, 0.3) is 11.8 Å². The lowest BCUT2D eigenvalue weighted by molar-refractivity contribution is -0.193. The maximum Gasteiger partial charge on any atom is 0.490 e. The van der Waals surface area contributed by atoms with Gasteiger partial charge >= 0.3 is 30.5 Å². The molecule has 1 amide bonds. The molecular weight excluding hydrogens is 659 g/mol. The fraction of sp³-hybridized carbons (Fsp3) is 0.400. The lowest BCUT2D eigenvalue weighted by Crippen LogP contribution is -2.39. The Balaban J connectivity index is 0.000000440. The summed E-state index contributed by atoms with van der Waals surface area (Å²) >= 11 is 0. The Kier molecular flexibility index (Phi) is 12.0. The second-order valence-corrected chi connectivity index (χ2v) is 9.27. The third-order valence-corrected chi connectivity index (χ3v) is 5.86. The minimum atomic E-state index is -5.08. The number of hydrogen-bond donors (Lipinski definition) is 3. The van der Waals surface area contributed by atoms with Crippen molar-refractivity contribution in [2.24, 2.45) is 0 Å². The number of hydrogen-bond acceptors (Lipinski definition) is 6. The van der Waals surface area contributed by atoms with Crippen molar-refractivity contribution in [1.82, 2.24) is 24.6 Å². The van der Waals surface area contributed by atoms with Crippen LogP contribution in [0.3, 0.4) is 0 Å². The van der Waals surface area contributed by atoms with Crippen molar-refractivity contribution in [2.75, 3.05) is 13.1 Å². The minimum Gasteiger partial charge on any atom is -0.475 e. The molecule has 3 aromatic heterocycles. The zero-order valence-electron chi connectivity index (χ0n) is 22.8. The molecule has 1 unspecified atom stereocenters. The summed E-state index contributed by atoms with van der Waals surface area (Å²) in [4.78, 5) is 40.4. The van der Waals surface area contributed by atoms with E-state index >= 15 is 0 Å². The van der Waals surface area contributed by atoms with E-state index in [2.05, 4.69) is 9.97 Å². The number of aromatic nitrogens is 3. The number of piperidine rings is 1. The number of pyridine rings is 2. The van der Waals surface area contributed by atoms with Crippen molar-refractivity contribution >= 4 is 23.4 Å². The van der Waals surface area contributed by atoms with Crippen LogP contribution in [0, 0.1) is 0 Å². The number of alkyl halides is 11. The van der Waals surface area contributed by atoms with E-state index in [1.165, 1.54) is 24.4 Å². The van der Waals surface area contributed by atoms with Crippen LogP contribution in [0.1, 0.15) is 40.9 Å². The van der Waals surface area contributed by atoms with E-state index in [4.69, 9.17) is 19.8 Å². The highest BCUT2D eigenvalue weighted by molar-refractivity contribution is 5.99. The SMILES string of the molecule is O=C(NC(c1ccccn1)C(F)(F)F)c1nc(CN2CCC(F)(F)CC2)n2ccccc12.O=C(O)C(F)(F)F.O=C(O)C(F)(F)F. The molecule has 1 aliphatic heterocycles. The molecule has 10 nitrogen and oxygen atoms in total. The maximum atomic E-state index is 13.6. The number of imidazole rings is 1. The number of nitrogens with one attached hydrogen (secondary N) is 1. The van der Waals surface area contributed by atoms with Crippen LogP contribution in [-0.4, -0.2) is 84.9 Å². The predicted octanol–water partition coefficient (Wildman–Crippen LogP) is 5.26. The van der Waals surface area contributed by atoms with E-state index < -0.39 is 48.3 Å². The maximum absolute atomic E-state index is 13.6. The van der Waals surface area contributed by atoms with Crippen LogP contribution in [0.15, 0.2) is 48.8 Å². The van der Waals surface area contributed by atoms with Crippen molar-refractivity contribution in [1.29, 1.82) is 0 Å². The van der Waals surface area contributed by atoms with E-state index in [0.29, 0.717) is 11.3 Å². The number of amides is 1. The summed E-state index contributed by atoms with van der Waals surface area (Å²) in [7, 11) is 0. The Morgan fingerprint density at radius 2 is 1.39 bits per heavy atom. The fourth-order valence-corrected chi connectivity index (χ4v) is 3.69. The van der Waals surface area contributed by atoms with Crippen molar-refractivity contribution in [3.05, 3.63) is 66.0 Å². The molecular formula is C25H22F11N5O5. The molecule has 3 N–H and O–H groups in total. The van der Waals surface area contributed by atoms with Crippen LogP contribution in [0.5, 0.6) is 0 Å². The van der Waals surface area contributed by atoms with Gasteiger partial charge < -0.3 is 19.9 Å². The van der Waals surface area contributed by atoms with Crippen LogP contribution < -0.4 is 5.32 Å². The monoisotopic (exact) mass is 681 g/mol. The largest absolute Gasteiger partial charge is 0.490 e. The van der Waals surface area contributed by atoms with E-state index in [9.17, 15) is 53.1 Å². The molecule has 0 radical (unpaired) electrons. The Morgan fingerprint density at radius 3 is 1.85 bits per heavy atom. The number of carboxylic acid groups (broad SMARTS) is 2. The van der Waals surface area contributed by atoms with Crippen molar-refractivity contribution in [3.8, 4) is 0 Å².